The zero-order chi connectivity index (χ0) is 40.0. The Balaban J connectivity index is 0.0000101. The molecule has 2 aromatic rings. The van der Waals surface area contributed by atoms with Gasteiger partial charge in [-0.2, -0.15) is 0 Å². The average molecular weight is 850 g/mol. The lowest BCUT2D eigenvalue weighted by molar-refractivity contribution is -0.347. The summed E-state index contributed by atoms with van der Waals surface area (Å²) in [4.78, 5) is 95.2. The van der Waals surface area contributed by atoms with E-state index >= 15 is 0 Å². The van der Waals surface area contributed by atoms with Gasteiger partial charge in [0, 0.05) is 30.7 Å². The molecule has 0 aliphatic carbocycles. The first-order valence-corrected chi connectivity index (χ1v) is 20.4. The molecule has 3 rings (SSSR count). The van der Waals surface area contributed by atoms with Crippen LogP contribution in [0.1, 0.15) is 27.2 Å². The SMILES string of the molecule is C=CC(=O)SCCNC(=O)CCNC(=O)C(O)C(C)(C)COP(=O)([O-])OP(=O)([O-])OCC1OC(C)(n2cnc3c(N)ncnc32)C(O)C1OP(=O)([O-])[O-].O. The average Bonchev–Trinajstić information content (AvgIpc) is 3.60. The molecule has 54 heavy (non-hydrogen) atoms. The highest BCUT2D eigenvalue weighted by atomic mass is 32.2. The van der Waals surface area contributed by atoms with E-state index in [9.17, 15) is 57.9 Å². The fraction of sp³-hybridized carbons (Fsp3) is 0.600. The highest BCUT2D eigenvalue weighted by Crippen LogP contribution is 2.56. The molecule has 306 valence electrons. The summed E-state index contributed by atoms with van der Waals surface area (Å²) < 4.78 is 60.8. The molecule has 2 amide bonds. The van der Waals surface area contributed by atoms with E-state index in [-0.39, 0.29) is 52.8 Å². The van der Waals surface area contributed by atoms with Crippen molar-refractivity contribution in [1.29, 1.82) is 0 Å². The number of thioether (sulfide) groups is 1. The number of nitrogens with zero attached hydrogens (tertiary/aromatic N) is 4. The van der Waals surface area contributed by atoms with E-state index in [1.54, 1.807) is 0 Å². The van der Waals surface area contributed by atoms with Crippen LogP contribution in [0.25, 0.3) is 11.2 Å². The highest BCUT2D eigenvalue weighted by molar-refractivity contribution is 8.14. The van der Waals surface area contributed by atoms with Gasteiger partial charge in [-0.1, -0.05) is 32.2 Å². The summed E-state index contributed by atoms with van der Waals surface area (Å²) in [6, 6.07) is 0. The minimum atomic E-state index is -5.93. The van der Waals surface area contributed by atoms with Crippen LogP contribution in [0.4, 0.5) is 5.82 Å². The molecule has 7 atom stereocenters. The molecule has 0 spiro atoms. The third-order valence-corrected chi connectivity index (χ3v) is 11.2. The highest BCUT2D eigenvalue weighted by Gasteiger charge is 2.55. The number of nitrogens with one attached hydrogen (secondary N) is 2. The second-order valence-corrected chi connectivity index (χ2v) is 17.1. The molecule has 1 aliphatic heterocycles. The molecule has 2 aromatic heterocycles. The first-order valence-electron chi connectivity index (χ1n) is 15.1. The van der Waals surface area contributed by atoms with Crippen LogP contribution in [0.3, 0.4) is 0 Å². The van der Waals surface area contributed by atoms with Crippen molar-refractivity contribution >= 4 is 69.1 Å². The number of nitrogen functional groups attached to an aromatic ring is 1. The Kier molecular flexibility index (Phi) is 16.6. The molecule has 0 bridgehead atoms. The Hall–Kier alpha value is -2.74. The van der Waals surface area contributed by atoms with E-state index < -0.39 is 84.1 Å². The van der Waals surface area contributed by atoms with Gasteiger partial charge in [0.05, 0.1) is 27.4 Å². The Labute approximate surface area is 310 Å². The van der Waals surface area contributed by atoms with Gasteiger partial charge >= 0.3 is 0 Å². The molecule has 1 fully saturated rings. The lowest BCUT2D eigenvalue weighted by Crippen LogP contribution is -2.46. The summed E-state index contributed by atoms with van der Waals surface area (Å²) in [5.41, 5.74) is 2.01. The predicted molar refractivity (Wildman–Crippen MR) is 177 cm³/mol. The molecular weight excluding hydrogens is 811 g/mol. The van der Waals surface area contributed by atoms with Gasteiger partial charge in [-0.3, -0.25) is 28.1 Å². The topological polar surface area (TPSA) is 406 Å². The number of ether oxygens (including phenoxy) is 1. The van der Waals surface area contributed by atoms with E-state index in [1.807, 2.05) is 0 Å². The largest absolute Gasteiger partial charge is 0.790 e. The lowest BCUT2D eigenvalue weighted by Gasteiger charge is -2.36. The molecule has 29 heteroatoms. The Morgan fingerprint density at radius 2 is 1.80 bits per heavy atom. The summed E-state index contributed by atoms with van der Waals surface area (Å²) in [6.07, 6.45) is -4.97. The molecule has 3 heterocycles. The van der Waals surface area contributed by atoms with Gasteiger partial charge in [0.2, 0.25) is 16.9 Å². The molecule has 25 nitrogen and oxygen atoms in total. The van der Waals surface area contributed by atoms with Gasteiger partial charge in [-0.05, 0) is 13.0 Å². The number of aliphatic hydroxyl groups is 2. The summed E-state index contributed by atoms with van der Waals surface area (Å²) in [6.45, 7) is 4.51. The Bertz CT molecular complexity index is 1810. The van der Waals surface area contributed by atoms with Crippen LogP contribution in [0, 0.1) is 5.41 Å². The van der Waals surface area contributed by atoms with Gasteiger partial charge in [0.15, 0.2) is 17.2 Å². The molecule has 1 saturated heterocycles. The summed E-state index contributed by atoms with van der Waals surface area (Å²) in [5, 5.41) is 26.0. The Morgan fingerprint density at radius 3 is 2.43 bits per heavy atom. The van der Waals surface area contributed by atoms with Gasteiger partial charge in [0.25, 0.3) is 15.6 Å². The van der Waals surface area contributed by atoms with Gasteiger partial charge < -0.3 is 74.5 Å². The monoisotopic (exact) mass is 849 g/mol. The molecule has 0 saturated carbocycles. The number of hydrogen-bond donors (Lipinski definition) is 5. The van der Waals surface area contributed by atoms with Gasteiger partial charge in [-0.15, -0.1) is 0 Å². The smallest absolute Gasteiger partial charge is 0.274 e. The zero-order valence-corrected chi connectivity index (χ0v) is 32.1. The van der Waals surface area contributed by atoms with E-state index in [4.69, 9.17) is 10.5 Å². The van der Waals surface area contributed by atoms with Crippen molar-refractivity contribution in [3.63, 3.8) is 0 Å². The van der Waals surface area contributed by atoms with Crippen molar-refractivity contribution in [2.75, 3.05) is 37.8 Å². The second kappa shape index (κ2) is 18.9. The first-order chi connectivity index (χ1) is 24.4. The standard InChI is InChI=1S/C25H40N7O17P3S.H2O/c1-5-16(34)53-9-8-27-15(33)6-7-28-23(37)20(36)24(2,3)11-46-52(43,44)49-51(41,42)45-10-14-18(48-50(38,39)40)19(35)25(4,47-14)32-13-31-17-21(26)29-12-30-22(17)32;/h5,12-14,18-20,35-36H,1,6-11H2,2-4H3,(H,27,33)(H,28,37)(H,41,42)(H,43,44)(H2,26,29,30)(H2,38,39,40);1H2/p-4. The second-order valence-electron chi connectivity index (χ2n) is 11.9. The van der Waals surface area contributed by atoms with Crippen LogP contribution in [-0.4, -0.2) is 109 Å². The summed E-state index contributed by atoms with van der Waals surface area (Å²) in [7, 11) is -17.6. The third-order valence-electron chi connectivity index (χ3n) is 7.37. The van der Waals surface area contributed by atoms with Crippen LogP contribution in [-0.2, 0) is 56.4 Å². The number of phosphoric ester groups is 3. The van der Waals surface area contributed by atoms with Crippen molar-refractivity contribution in [1.82, 2.24) is 30.2 Å². The number of imidazole rings is 1. The Morgan fingerprint density at radius 1 is 1.15 bits per heavy atom. The van der Waals surface area contributed by atoms with Gasteiger partial charge in [-0.25, -0.2) is 19.3 Å². The number of carbonyl (C=O) groups excluding carboxylic acids is 3. The molecule has 0 radical (unpaired) electrons. The number of amides is 2. The maximum atomic E-state index is 12.5. The van der Waals surface area contributed by atoms with Crippen molar-refractivity contribution in [2.45, 2.75) is 57.3 Å². The van der Waals surface area contributed by atoms with Crippen LogP contribution in [0.2, 0.25) is 0 Å². The van der Waals surface area contributed by atoms with Gasteiger partial charge in [0.1, 0.15) is 36.3 Å². The minimum Gasteiger partial charge on any atom is -0.790 e. The van der Waals surface area contributed by atoms with Crippen molar-refractivity contribution in [3.8, 4) is 0 Å². The summed E-state index contributed by atoms with van der Waals surface area (Å²) in [5.74, 6) is -1.29. The third kappa shape index (κ3) is 12.9. The number of aromatic nitrogens is 4. The van der Waals surface area contributed by atoms with E-state index in [0.717, 1.165) is 35.1 Å². The predicted octanol–water partition coefficient (Wildman–Crippen LogP) is -4.33. The molecule has 7 unspecified atom stereocenters. The number of carbonyl (C=O) groups is 3. The fourth-order valence-corrected chi connectivity index (χ4v) is 7.88. The van der Waals surface area contributed by atoms with E-state index in [2.05, 4.69) is 50.0 Å². The number of anilines is 1. The number of rotatable bonds is 20. The quantitative estimate of drug-likeness (QED) is 0.0477. The first kappa shape index (κ1) is 47.4. The van der Waals surface area contributed by atoms with Crippen LogP contribution in [0.15, 0.2) is 25.3 Å². The van der Waals surface area contributed by atoms with Crippen LogP contribution >= 0.6 is 35.2 Å². The minimum absolute atomic E-state index is 0. The maximum absolute atomic E-state index is 12.5. The zero-order valence-electron chi connectivity index (χ0n) is 28.6. The molecule has 0 aromatic carbocycles. The molecule has 1 aliphatic rings. The fourth-order valence-electron chi connectivity index (χ4n) is 4.63. The lowest BCUT2D eigenvalue weighted by atomic mass is 9.87. The van der Waals surface area contributed by atoms with E-state index in [0.29, 0.717) is 0 Å². The number of aliphatic hydroxyl groups excluding tert-OH is 2. The van der Waals surface area contributed by atoms with E-state index in [1.165, 1.54) is 20.8 Å². The van der Waals surface area contributed by atoms with Crippen molar-refractivity contribution < 1.29 is 86.0 Å². The molecular formula is C25H38N7O18P3S-4. The summed E-state index contributed by atoms with van der Waals surface area (Å²) >= 11 is 0.940. The normalized spacial score (nSPS) is 23.1. The van der Waals surface area contributed by atoms with Crippen molar-refractivity contribution in [2.24, 2.45) is 5.41 Å². The number of hydrogen-bond acceptors (Lipinski definition) is 22. The van der Waals surface area contributed by atoms with Crippen LogP contribution in [0.5, 0.6) is 0 Å². The number of phosphoric acid groups is 3. The molecule has 8 N–H and O–H groups in total. The number of fused-ring (bicyclic) bond motifs is 1. The van der Waals surface area contributed by atoms with Crippen molar-refractivity contribution in [3.05, 3.63) is 25.3 Å². The van der Waals surface area contributed by atoms with Crippen LogP contribution < -0.4 is 35.9 Å². The number of nitrogens with two attached hydrogens (primary N) is 1. The maximum Gasteiger partial charge on any atom is 0.274 e.